The average Bonchev–Trinajstić information content (AvgIpc) is 2.48. The van der Waals surface area contributed by atoms with Crippen LogP contribution in [0.3, 0.4) is 0 Å². The largest absolute Gasteiger partial charge is 0.493 e. The number of carbonyl (C=O) groups is 1. The Morgan fingerprint density at radius 3 is 2.91 bits per heavy atom. The molecule has 2 atom stereocenters. The van der Waals surface area contributed by atoms with Crippen LogP contribution in [0.25, 0.3) is 0 Å². The zero-order valence-corrected chi connectivity index (χ0v) is 15.1. The van der Waals surface area contributed by atoms with Gasteiger partial charge in [-0.25, -0.2) is 0 Å². The standard InChI is InChI=1S/C17H25ClN2O2.ClH/c1-12-10-14(18)6-7-16(12)22-9-3-8-20-17(21)13-4-2-5-15(19)11-13;/h6-7,10,13,15H,2-5,8-9,11,19H2,1H3,(H,20,21);1H. The summed E-state index contributed by atoms with van der Waals surface area (Å²) >= 11 is 5.91. The number of benzene rings is 1. The van der Waals surface area contributed by atoms with E-state index < -0.39 is 0 Å². The molecule has 0 aromatic heterocycles. The first kappa shape index (κ1) is 20.1. The van der Waals surface area contributed by atoms with Crippen molar-refractivity contribution in [3.05, 3.63) is 28.8 Å². The quantitative estimate of drug-likeness (QED) is 0.763. The van der Waals surface area contributed by atoms with Crippen LogP contribution in [0.5, 0.6) is 5.75 Å². The lowest BCUT2D eigenvalue weighted by atomic mass is 9.85. The van der Waals surface area contributed by atoms with Crippen molar-refractivity contribution in [2.24, 2.45) is 11.7 Å². The molecule has 2 unspecified atom stereocenters. The Morgan fingerprint density at radius 1 is 1.43 bits per heavy atom. The van der Waals surface area contributed by atoms with Crippen LogP contribution in [0.2, 0.25) is 5.02 Å². The second-order valence-electron chi connectivity index (χ2n) is 6.03. The molecule has 1 fully saturated rings. The van der Waals surface area contributed by atoms with Gasteiger partial charge in [0.05, 0.1) is 6.61 Å². The van der Waals surface area contributed by atoms with Gasteiger partial charge in [0.25, 0.3) is 0 Å². The molecule has 1 aromatic rings. The van der Waals surface area contributed by atoms with Crippen molar-refractivity contribution in [2.75, 3.05) is 13.2 Å². The molecule has 23 heavy (non-hydrogen) atoms. The minimum Gasteiger partial charge on any atom is -0.493 e. The van der Waals surface area contributed by atoms with Gasteiger partial charge < -0.3 is 15.8 Å². The predicted octanol–water partition coefficient (Wildman–Crippen LogP) is 3.47. The van der Waals surface area contributed by atoms with Crippen LogP contribution in [0.1, 0.15) is 37.7 Å². The summed E-state index contributed by atoms with van der Waals surface area (Å²) in [6, 6.07) is 5.75. The number of halogens is 2. The third kappa shape index (κ3) is 6.58. The molecule has 1 aliphatic carbocycles. The van der Waals surface area contributed by atoms with E-state index in [1.165, 1.54) is 0 Å². The van der Waals surface area contributed by atoms with Crippen molar-refractivity contribution in [1.82, 2.24) is 5.32 Å². The van der Waals surface area contributed by atoms with Gasteiger partial charge in [-0.3, -0.25) is 4.79 Å². The summed E-state index contributed by atoms with van der Waals surface area (Å²) in [5, 5.41) is 3.70. The molecule has 0 bridgehead atoms. The van der Waals surface area contributed by atoms with Crippen molar-refractivity contribution in [1.29, 1.82) is 0 Å². The van der Waals surface area contributed by atoms with Gasteiger partial charge in [0.15, 0.2) is 0 Å². The van der Waals surface area contributed by atoms with E-state index >= 15 is 0 Å². The third-order valence-electron chi connectivity index (χ3n) is 4.10. The molecule has 1 aromatic carbocycles. The van der Waals surface area contributed by atoms with Crippen molar-refractivity contribution in [2.45, 2.75) is 45.1 Å². The molecular formula is C17H26Cl2N2O2. The second kappa shape index (κ2) is 10.0. The van der Waals surface area contributed by atoms with Crippen LogP contribution in [0.15, 0.2) is 18.2 Å². The molecule has 1 amide bonds. The number of carbonyl (C=O) groups excluding carboxylic acids is 1. The molecule has 0 radical (unpaired) electrons. The van der Waals surface area contributed by atoms with Gasteiger partial charge in [0, 0.05) is 23.5 Å². The zero-order chi connectivity index (χ0) is 15.9. The van der Waals surface area contributed by atoms with Crippen molar-refractivity contribution in [3.63, 3.8) is 0 Å². The second-order valence-corrected chi connectivity index (χ2v) is 6.46. The average molecular weight is 361 g/mol. The highest BCUT2D eigenvalue weighted by Gasteiger charge is 2.24. The first-order valence-corrected chi connectivity index (χ1v) is 8.36. The van der Waals surface area contributed by atoms with Crippen molar-refractivity contribution in [3.8, 4) is 5.75 Å². The van der Waals surface area contributed by atoms with Crippen LogP contribution in [0, 0.1) is 12.8 Å². The summed E-state index contributed by atoms with van der Waals surface area (Å²) in [5.74, 6) is 1.06. The normalized spacial score (nSPS) is 20.5. The highest BCUT2D eigenvalue weighted by molar-refractivity contribution is 6.30. The lowest BCUT2D eigenvalue weighted by Crippen LogP contribution is -2.38. The summed E-state index contributed by atoms with van der Waals surface area (Å²) in [7, 11) is 0. The molecule has 4 nitrogen and oxygen atoms in total. The molecule has 0 heterocycles. The molecule has 0 spiro atoms. The number of nitrogens with two attached hydrogens (primary N) is 1. The number of hydrogen-bond donors (Lipinski definition) is 2. The predicted molar refractivity (Wildman–Crippen MR) is 96.5 cm³/mol. The van der Waals surface area contributed by atoms with Crippen molar-refractivity contribution >= 4 is 29.9 Å². The molecule has 130 valence electrons. The van der Waals surface area contributed by atoms with Gasteiger partial charge >= 0.3 is 0 Å². The maximum absolute atomic E-state index is 12.0. The molecular weight excluding hydrogens is 335 g/mol. The third-order valence-corrected chi connectivity index (χ3v) is 4.34. The summed E-state index contributed by atoms with van der Waals surface area (Å²) in [6.45, 7) is 3.18. The maximum Gasteiger partial charge on any atom is 0.223 e. The lowest BCUT2D eigenvalue weighted by molar-refractivity contribution is -0.126. The van der Waals surface area contributed by atoms with Crippen LogP contribution >= 0.6 is 24.0 Å². The minimum atomic E-state index is 0. The molecule has 2 rings (SSSR count). The Labute approximate surface area is 149 Å². The Hall–Kier alpha value is -0.970. The van der Waals surface area contributed by atoms with Crippen LogP contribution in [-0.4, -0.2) is 25.1 Å². The van der Waals surface area contributed by atoms with E-state index in [0.717, 1.165) is 43.4 Å². The molecule has 0 aliphatic heterocycles. The Kier molecular flexibility index (Phi) is 8.74. The van der Waals surface area contributed by atoms with E-state index in [9.17, 15) is 4.79 Å². The number of nitrogens with one attached hydrogen (secondary N) is 1. The number of ether oxygens (including phenoxy) is 1. The highest BCUT2D eigenvalue weighted by atomic mass is 35.5. The molecule has 1 saturated carbocycles. The van der Waals surface area contributed by atoms with Gasteiger partial charge in [0.2, 0.25) is 5.91 Å². The molecule has 0 saturated heterocycles. The van der Waals surface area contributed by atoms with Gasteiger partial charge in [-0.15, -0.1) is 12.4 Å². The van der Waals surface area contributed by atoms with Gasteiger partial charge in [-0.2, -0.15) is 0 Å². The summed E-state index contributed by atoms with van der Waals surface area (Å²) in [5.41, 5.74) is 6.94. The topological polar surface area (TPSA) is 64.3 Å². The van der Waals surface area contributed by atoms with E-state index in [0.29, 0.717) is 18.2 Å². The van der Waals surface area contributed by atoms with E-state index in [1.807, 2.05) is 25.1 Å². The fraction of sp³-hybridized carbons (Fsp3) is 0.588. The number of hydrogen-bond acceptors (Lipinski definition) is 3. The zero-order valence-electron chi connectivity index (χ0n) is 13.5. The maximum atomic E-state index is 12.0. The SMILES string of the molecule is Cc1cc(Cl)ccc1OCCCNC(=O)C1CCCC(N)C1.Cl. The van der Waals surface area contributed by atoms with Gasteiger partial charge in [-0.05, 0) is 56.4 Å². The molecule has 6 heteroatoms. The first-order valence-electron chi connectivity index (χ1n) is 7.98. The lowest BCUT2D eigenvalue weighted by Gasteiger charge is -2.25. The van der Waals surface area contributed by atoms with E-state index in [4.69, 9.17) is 22.1 Å². The van der Waals surface area contributed by atoms with E-state index in [-0.39, 0.29) is 30.3 Å². The van der Waals surface area contributed by atoms with Crippen LogP contribution < -0.4 is 15.8 Å². The smallest absolute Gasteiger partial charge is 0.223 e. The number of amides is 1. The van der Waals surface area contributed by atoms with E-state index in [1.54, 1.807) is 0 Å². The van der Waals surface area contributed by atoms with E-state index in [2.05, 4.69) is 5.32 Å². The summed E-state index contributed by atoms with van der Waals surface area (Å²) in [6.07, 6.45) is 4.65. The Morgan fingerprint density at radius 2 is 2.22 bits per heavy atom. The van der Waals surface area contributed by atoms with Crippen molar-refractivity contribution < 1.29 is 9.53 Å². The summed E-state index contributed by atoms with van der Waals surface area (Å²) < 4.78 is 5.71. The fourth-order valence-electron chi connectivity index (χ4n) is 2.85. The molecule has 1 aliphatic rings. The monoisotopic (exact) mass is 360 g/mol. The first-order chi connectivity index (χ1) is 10.6. The summed E-state index contributed by atoms with van der Waals surface area (Å²) in [4.78, 5) is 12.0. The Balaban J connectivity index is 0.00000264. The number of aryl methyl sites for hydroxylation is 1. The fourth-order valence-corrected chi connectivity index (χ4v) is 3.08. The molecule has 3 N–H and O–H groups in total. The highest BCUT2D eigenvalue weighted by Crippen LogP contribution is 2.23. The van der Waals surface area contributed by atoms with Gasteiger partial charge in [0.1, 0.15) is 5.75 Å². The number of rotatable bonds is 6. The minimum absolute atomic E-state index is 0. The Bertz CT molecular complexity index is 511. The van der Waals surface area contributed by atoms with Crippen LogP contribution in [0.4, 0.5) is 0 Å². The van der Waals surface area contributed by atoms with Crippen LogP contribution in [-0.2, 0) is 4.79 Å². The van der Waals surface area contributed by atoms with Gasteiger partial charge in [-0.1, -0.05) is 18.0 Å².